The number of hydrogen-bond acceptors (Lipinski definition) is 5. The van der Waals surface area contributed by atoms with Crippen LogP contribution in [0, 0.1) is 5.82 Å². The fourth-order valence-corrected chi connectivity index (χ4v) is 3.38. The summed E-state index contributed by atoms with van der Waals surface area (Å²) in [4.78, 5) is 16.8. The molecular formula is C18H13BrF6N2O4. The predicted molar refractivity (Wildman–Crippen MR) is 97.7 cm³/mol. The molecule has 13 heteroatoms. The lowest BCUT2D eigenvalue weighted by Crippen LogP contribution is -2.38. The fourth-order valence-electron chi connectivity index (χ4n) is 3.07. The van der Waals surface area contributed by atoms with Crippen molar-refractivity contribution in [1.29, 1.82) is 0 Å². The molecule has 0 aliphatic carbocycles. The number of anilines is 1. The maximum absolute atomic E-state index is 14.5. The zero-order valence-electron chi connectivity index (χ0n) is 15.6. The van der Waals surface area contributed by atoms with Crippen molar-refractivity contribution in [2.75, 3.05) is 18.6 Å². The van der Waals surface area contributed by atoms with Gasteiger partial charge >= 0.3 is 18.9 Å². The smallest absolute Gasteiger partial charge is 0.418 e. The summed E-state index contributed by atoms with van der Waals surface area (Å²) in [6.07, 6.45) is -5.62. The third kappa shape index (κ3) is 4.65. The van der Waals surface area contributed by atoms with Crippen molar-refractivity contribution >= 4 is 27.8 Å². The molecule has 0 saturated heterocycles. The molecule has 0 N–H and O–H groups in total. The largest absolute Gasteiger partial charge is 0.490 e. The van der Waals surface area contributed by atoms with E-state index >= 15 is 0 Å². The van der Waals surface area contributed by atoms with Crippen molar-refractivity contribution in [2.45, 2.75) is 25.3 Å². The summed E-state index contributed by atoms with van der Waals surface area (Å²) in [7, 11) is 0.982. The molecule has 1 aromatic carbocycles. The first-order chi connectivity index (χ1) is 14.5. The minimum absolute atomic E-state index is 0.0417. The van der Waals surface area contributed by atoms with Crippen molar-refractivity contribution < 1.29 is 45.3 Å². The van der Waals surface area contributed by atoms with E-state index in [2.05, 4.69) is 30.4 Å². The standard InChI is InChI=1S/C18H13BrF6N2O4/c1-29-17(28)27(11-4-5-30-14-9(11)2-3-10(19)13(14)20)15-12(31-16(21)22)6-8(7-26-15)18(23,24)25/h2-3,6-7,11,16H,4-5H2,1H3. The van der Waals surface area contributed by atoms with Crippen molar-refractivity contribution in [2.24, 2.45) is 0 Å². The number of pyridine rings is 1. The van der Waals surface area contributed by atoms with Gasteiger partial charge in [0.1, 0.15) is 0 Å². The lowest BCUT2D eigenvalue weighted by atomic mass is 9.98. The number of carbonyl (C=O) groups excluding carboxylic acids is 1. The predicted octanol–water partition coefficient (Wildman–Crippen LogP) is 5.70. The van der Waals surface area contributed by atoms with Gasteiger partial charge in [-0.2, -0.15) is 22.0 Å². The Morgan fingerprint density at radius 3 is 2.68 bits per heavy atom. The molecule has 2 aromatic rings. The van der Waals surface area contributed by atoms with Gasteiger partial charge in [0.05, 0.1) is 29.8 Å². The van der Waals surface area contributed by atoms with Crippen LogP contribution in [0.2, 0.25) is 0 Å². The summed E-state index contributed by atoms with van der Waals surface area (Å²) in [5, 5.41) is 0. The molecule has 0 radical (unpaired) electrons. The number of ether oxygens (including phenoxy) is 3. The molecule has 1 atom stereocenters. The number of halogens is 7. The van der Waals surface area contributed by atoms with E-state index in [0.717, 1.165) is 12.0 Å². The second-order valence-electron chi connectivity index (χ2n) is 6.19. The highest BCUT2D eigenvalue weighted by atomic mass is 79.9. The highest BCUT2D eigenvalue weighted by molar-refractivity contribution is 9.10. The molecule has 0 saturated carbocycles. The molecule has 0 bridgehead atoms. The minimum Gasteiger partial charge on any atom is -0.490 e. The molecule has 31 heavy (non-hydrogen) atoms. The molecule has 168 valence electrons. The van der Waals surface area contributed by atoms with Gasteiger partial charge in [-0.25, -0.2) is 14.2 Å². The Morgan fingerprint density at radius 2 is 2.06 bits per heavy atom. The van der Waals surface area contributed by atoms with Crippen LogP contribution >= 0.6 is 15.9 Å². The van der Waals surface area contributed by atoms with Crippen LogP contribution in [0.4, 0.5) is 37.0 Å². The van der Waals surface area contributed by atoms with E-state index in [1.165, 1.54) is 12.1 Å². The Bertz CT molecular complexity index is 988. The van der Waals surface area contributed by atoms with Crippen molar-refractivity contribution in [3.63, 3.8) is 0 Å². The Balaban J connectivity index is 2.18. The summed E-state index contributed by atoms with van der Waals surface area (Å²) < 4.78 is 93.7. The summed E-state index contributed by atoms with van der Waals surface area (Å²) in [6, 6.07) is 2.00. The summed E-state index contributed by atoms with van der Waals surface area (Å²) >= 11 is 3.00. The van der Waals surface area contributed by atoms with Gasteiger partial charge in [-0.3, -0.25) is 4.90 Å². The van der Waals surface area contributed by atoms with E-state index in [-0.39, 0.29) is 28.8 Å². The third-order valence-corrected chi connectivity index (χ3v) is 4.98. The first-order valence-corrected chi connectivity index (χ1v) is 9.33. The van der Waals surface area contributed by atoms with Crippen LogP contribution < -0.4 is 14.4 Å². The molecule has 0 fully saturated rings. The monoisotopic (exact) mass is 514 g/mol. The van der Waals surface area contributed by atoms with Crippen molar-refractivity contribution in [3.05, 3.63) is 45.8 Å². The summed E-state index contributed by atoms with van der Waals surface area (Å²) in [6.45, 7) is -3.58. The van der Waals surface area contributed by atoms with Crippen LogP contribution in [-0.4, -0.2) is 31.4 Å². The highest BCUT2D eigenvalue weighted by Gasteiger charge is 2.39. The molecule has 6 nitrogen and oxygen atoms in total. The number of methoxy groups -OCH3 is 1. The topological polar surface area (TPSA) is 60.9 Å². The van der Waals surface area contributed by atoms with E-state index in [9.17, 15) is 31.1 Å². The van der Waals surface area contributed by atoms with Gasteiger partial charge in [0.25, 0.3) is 0 Å². The number of rotatable bonds is 4. The van der Waals surface area contributed by atoms with Crippen LogP contribution in [0.3, 0.4) is 0 Å². The molecule has 3 rings (SSSR count). The second kappa shape index (κ2) is 8.81. The zero-order valence-corrected chi connectivity index (χ0v) is 17.1. The van der Waals surface area contributed by atoms with Gasteiger partial charge < -0.3 is 14.2 Å². The molecule has 1 aromatic heterocycles. The molecule has 1 unspecified atom stereocenters. The zero-order chi connectivity index (χ0) is 22.9. The van der Waals surface area contributed by atoms with E-state index in [4.69, 9.17) is 4.74 Å². The normalized spacial score (nSPS) is 15.8. The maximum atomic E-state index is 14.5. The number of nitrogens with zero attached hydrogens (tertiary/aromatic N) is 2. The molecule has 1 amide bonds. The number of amides is 1. The van der Waals surface area contributed by atoms with Crippen LogP contribution in [0.25, 0.3) is 0 Å². The first-order valence-electron chi connectivity index (χ1n) is 8.54. The third-order valence-electron chi connectivity index (χ3n) is 4.36. The lowest BCUT2D eigenvalue weighted by molar-refractivity contribution is -0.138. The molecular weight excluding hydrogens is 502 g/mol. The van der Waals surface area contributed by atoms with Crippen LogP contribution in [-0.2, 0) is 10.9 Å². The SMILES string of the molecule is COC(=O)N(c1ncc(C(F)(F)F)cc1OC(F)F)C1CCOc2c1ccc(Br)c2F. The molecule has 1 aliphatic heterocycles. The number of benzene rings is 1. The Kier molecular flexibility index (Phi) is 6.53. The van der Waals surface area contributed by atoms with Gasteiger partial charge in [0.15, 0.2) is 23.1 Å². The first kappa shape index (κ1) is 23.0. The van der Waals surface area contributed by atoms with Crippen molar-refractivity contribution in [1.82, 2.24) is 4.98 Å². The van der Waals surface area contributed by atoms with Crippen LogP contribution in [0.5, 0.6) is 11.5 Å². The van der Waals surface area contributed by atoms with Crippen molar-refractivity contribution in [3.8, 4) is 11.5 Å². The Morgan fingerprint density at radius 1 is 1.35 bits per heavy atom. The maximum Gasteiger partial charge on any atom is 0.418 e. The molecule has 0 spiro atoms. The summed E-state index contributed by atoms with van der Waals surface area (Å²) in [5.74, 6) is -2.62. The minimum atomic E-state index is -4.90. The highest BCUT2D eigenvalue weighted by Crippen LogP contribution is 2.44. The number of carbonyl (C=O) groups is 1. The molecule has 2 heterocycles. The van der Waals surface area contributed by atoms with E-state index in [0.29, 0.717) is 12.3 Å². The van der Waals surface area contributed by atoms with Crippen LogP contribution in [0.1, 0.15) is 23.6 Å². The van der Waals surface area contributed by atoms with Gasteiger partial charge in [-0.15, -0.1) is 0 Å². The van der Waals surface area contributed by atoms with Crippen LogP contribution in [0.15, 0.2) is 28.9 Å². The Labute approximate surface area is 179 Å². The van der Waals surface area contributed by atoms with E-state index in [1.54, 1.807) is 0 Å². The van der Waals surface area contributed by atoms with Gasteiger partial charge in [0, 0.05) is 18.2 Å². The quantitative estimate of drug-likeness (QED) is 0.490. The lowest BCUT2D eigenvalue weighted by Gasteiger charge is -2.35. The number of hydrogen-bond donors (Lipinski definition) is 0. The fraction of sp³-hybridized carbons (Fsp3) is 0.333. The Hall–Kier alpha value is -2.70. The molecule has 1 aliphatic rings. The average Bonchev–Trinajstić information content (AvgIpc) is 2.70. The van der Waals surface area contributed by atoms with E-state index in [1.807, 2.05) is 0 Å². The van der Waals surface area contributed by atoms with Gasteiger partial charge in [-0.05, 0) is 28.1 Å². The number of alkyl halides is 5. The van der Waals surface area contributed by atoms with E-state index < -0.39 is 47.9 Å². The number of fused-ring (bicyclic) bond motifs is 1. The average molecular weight is 515 g/mol. The number of aromatic nitrogens is 1. The second-order valence-corrected chi connectivity index (χ2v) is 7.05. The van der Waals surface area contributed by atoms with Gasteiger partial charge in [0.2, 0.25) is 0 Å². The van der Waals surface area contributed by atoms with Gasteiger partial charge in [-0.1, -0.05) is 6.07 Å². The summed E-state index contributed by atoms with van der Waals surface area (Å²) in [5.41, 5.74) is -1.22.